The fourth-order valence-electron chi connectivity index (χ4n) is 2.87. The van der Waals surface area contributed by atoms with Crippen molar-refractivity contribution in [2.45, 2.75) is 38.5 Å². The van der Waals surface area contributed by atoms with Gasteiger partial charge < -0.3 is 5.73 Å². The molecule has 1 aliphatic rings. The number of hydrogen-bond acceptors (Lipinski definition) is 3. The maximum absolute atomic E-state index is 6.13. The molecule has 1 aromatic carbocycles. The largest absolute Gasteiger partial charge is 0.383 e. The summed E-state index contributed by atoms with van der Waals surface area (Å²) in [7, 11) is 0. The molecule has 0 saturated heterocycles. The zero-order valence-electron chi connectivity index (χ0n) is 11.9. The Morgan fingerprint density at radius 3 is 2.62 bits per heavy atom. The fraction of sp³-hybridized carbons (Fsp3) is 0.375. The second kappa shape index (κ2) is 6.20. The predicted molar refractivity (Wildman–Crippen MR) is 98.2 cm³/mol. The number of aromatic nitrogens is 2. The van der Waals surface area contributed by atoms with Gasteiger partial charge in [-0.25, -0.2) is 9.97 Å². The van der Waals surface area contributed by atoms with Crippen LogP contribution < -0.4 is 5.73 Å². The van der Waals surface area contributed by atoms with Crippen molar-refractivity contribution in [3.05, 3.63) is 37.5 Å². The molecule has 5 heteroatoms. The second-order valence-corrected chi connectivity index (χ2v) is 7.53. The lowest BCUT2D eigenvalue weighted by Crippen LogP contribution is -2.08. The van der Waals surface area contributed by atoms with Gasteiger partial charge in [0.2, 0.25) is 0 Å². The molecule has 2 N–H and O–H groups in total. The van der Waals surface area contributed by atoms with Crippen LogP contribution in [0.1, 0.15) is 42.9 Å². The van der Waals surface area contributed by atoms with Crippen LogP contribution in [0.2, 0.25) is 0 Å². The Hall–Kier alpha value is -0.690. The molecule has 1 aromatic heterocycles. The van der Waals surface area contributed by atoms with Crippen LogP contribution in [0.4, 0.5) is 5.82 Å². The molecule has 110 valence electrons. The summed E-state index contributed by atoms with van der Waals surface area (Å²) in [5.74, 6) is 1.85. The smallest absolute Gasteiger partial charge is 0.162 e. The summed E-state index contributed by atoms with van der Waals surface area (Å²) in [6.07, 6.45) is 4.99. The van der Waals surface area contributed by atoms with E-state index in [-0.39, 0.29) is 0 Å². The van der Waals surface area contributed by atoms with Crippen LogP contribution in [0.3, 0.4) is 0 Å². The number of benzene rings is 1. The van der Waals surface area contributed by atoms with E-state index >= 15 is 0 Å². The molecule has 3 nitrogen and oxygen atoms in total. The van der Waals surface area contributed by atoms with Gasteiger partial charge in [-0.15, -0.1) is 0 Å². The van der Waals surface area contributed by atoms with E-state index in [1.54, 1.807) is 0 Å². The molecule has 1 heterocycles. The van der Waals surface area contributed by atoms with Crippen LogP contribution in [-0.4, -0.2) is 9.97 Å². The monoisotopic (exact) mass is 457 g/mol. The Labute approximate surface area is 147 Å². The molecule has 3 rings (SSSR count). The summed E-state index contributed by atoms with van der Waals surface area (Å²) in [5, 5.41) is 0. The van der Waals surface area contributed by atoms with E-state index in [2.05, 4.69) is 68.6 Å². The van der Waals surface area contributed by atoms with E-state index < -0.39 is 0 Å². The first-order chi connectivity index (χ1) is 10.1. The van der Waals surface area contributed by atoms with Gasteiger partial charge >= 0.3 is 0 Å². The van der Waals surface area contributed by atoms with Gasteiger partial charge in [0.05, 0.1) is 9.26 Å². The van der Waals surface area contributed by atoms with Gasteiger partial charge in [0.15, 0.2) is 5.82 Å². The molecular weight excluding hydrogens is 441 g/mol. The SMILES string of the molecule is Cc1ccc(-c2nc(N)c(I)c(C3CCCC3)n2)c(Br)c1. The van der Waals surface area contributed by atoms with Crippen LogP contribution in [0.5, 0.6) is 0 Å². The summed E-state index contributed by atoms with van der Waals surface area (Å²) in [4.78, 5) is 9.34. The van der Waals surface area contributed by atoms with Gasteiger partial charge in [-0.05, 0) is 60.1 Å². The zero-order valence-corrected chi connectivity index (χ0v) is 15.6. The highest BCUT2D eigenvalue weighted by Crippen LogP contribution is 2.38. The highest BCUT2D eigenvalue weighted by Gasteiger charge is 2.23. The van der Waals surface area contributed by atoms with Gasteiger partial charge in [-0.2, -0.15) is 0 Å². The van der Waals surface area contributed by atoms with Gasteiger partial charge in [0.25, 0.3) is 0 Å². The number of aryl methyl sites for hydroxylation is 1. The minimum Gasteiger partial charge on any atom is -0.383 e. The van der Waals surface area contributed by atoms with E-state index in [9.17, 15) is 0 Å². The van der Waals surface area contributed by atoms with Crippen LogP contribution in [0.15, 0.2) is 22.7 Å². The highest BCUT2D eigenvalue weighted by atomic mass is 127. The van der Waals surface area contributed by atoms with Gasteiger partial charge in [0.1, 0.15) is 5.82 Å². The predicted octanol–water partition coefficient (Wildman–Crippen LogP) is 5.06. The third-order valence-corrected chi connectivity index (χ3v) is 5.77. The van der Waals surface area contributed by atoms with E-state index in [1.165, 1.54) is 31.2 Å². The topological polar surface area (TPSA) is 51.8 Å². The van der Waals surface area contributed by atoms with Crippen molar-refractivity contribution >= 4 is 44.3 Å². The summed E-state index contributed by atoms with van der Waals surface area (Å²) in [6.45, 7) is 2.07. The first-order valence-corrected chi connectivity index (χ1v) is 9.03. The molecule has 2 aromatic rings. The molecule has 1 fully saturated rings. The Kier molecular flexibility index (Phi) is 4.49. The molecule has 0 bridgehead atoms. The minimum atomic E-state index is 0.533. The average Bonchev–Trinajstić information content (AvgIpc) is 2.96. The number of anilines is 1. The lowest BCUT2D eigenvalue weighted by molar-refractivity contribution is 0.691. The molecule has 0 radical (unpaired) electrons. The minimum absolute atomic E-state index is 0.533. The Morgan fingerprint density at radius 1 is 1.24 bits per heavy atom. The van der Waals surface area contributed by atoms with Crippen molar-refractivity contribution in [3.63, 3.8) is 0 Å². The standard InChI is InChI=1S/C16H17BrIN3/c1-9-6-7-11(12(17)8-9)16-20-14(10-4-2-3-5-10)13(18)15(19)21-16/h6-8,10H,2-5H2,1H3,(H2,19,20,21). The third-order valence-electron chi connectivity index (χ3n) is 4.01. The normalized spacial score (nSPS) is 15.6. The first-order valence-electron chi connectivity index (χ1n) is 7.15. The number of nitrogen functional groups attached to an aromatic ring is 1. The summed E-state index contributed by atoms with van der Waals surface area (Å²) < 4.78 is 2.03. The number of rotatable bonds is 2. The Balaban J connectivity index is 2.10. The zero-order chi connectivity index (χ0) is 15.0. The maximum atomic E-state index is 6.13. The van der Waals surface area contributed by atoms with Crippen molar-refractivity contribution in [1.29, 1.82) is 0 Å². The molecule has 0 aliphatic heterocycles. The Bertz CT molecular complexity index is 681. The van der Waals surface area contributed by atoms with E-state index in [0.717, 1.165) is 25.1 Å². The van der Waals surface area contributed by atoms with Crippen LogP contribution in [-0.2, 0) is 0 Å². The summed E-state index contributed by atoms with van der Waals surface area (Å²) in [5.41, 5.74) is 9.47. The van der Waals surface area contributed by atoms with E-state index in [4.69, 9.17) is 10.7 Å². The second-order valence-electron chi connectivity index (χ2n) is 5.60. The van der Waals surface area contributed by atoms with Crippen molar-refractivity contribution in [3.8, 4) is 11.4 Å². The molecular formula is C16H17BrIN3. The lowest BCUT2D eigenvalue weighted by Gasteiger charge is -2.14. The first kappa shape index (κ1) is 15.2. The van der Waals surface area contributed by atoms with Gasteiger partial charge in [-0.1, -0.05) is 34.8 Å². The molecule has 21 heavy (non-hydrogen) atoms. The molecule has 0 spiro atoms. The van der Waals surface area contributed by atoms with Crippen LogP contribution in [0.25, 0.3) is 11.4 Å². The molecule has 0 amide bonds. The van der Waals surface area contributed by atoms with Crippen LogP contribution in [0, 0.1) is 10.5 Å². The van der Waals surface area contributed by atoms with E-state index in [1.807, 2.05) is 0 Å². The molecule has 0 atom stereocenters. The Morgan fingerprint density at radius 2 is 1.95 bits per heavy atom. The molecule has 1 aliphatic carbocycles. The fourth-order valence-corrected chi connectivity index (χ4v) is 4.23. The van der Waals surface area contributed by atoms with Crippen molar-refractivity contribution in [1.82, 2.24) is 9.97 Å². The average molecular weight is 458 g/mol. The quantitative estimate of drug-likeness (QED) is 0.641. The van der Waals surface area contributed by atoms with E-state index in [0.29, 0.717) is 11.7 Å². The summed E-state index contributed by atoms with van der Waals surface area (Å²) in [6, 6.07) is 6.22. The van der Waals surface area contributed by atoms with Gasteiger partial charge in [-0.3, -0.25) is 0 Å². The van der Waals surface area contributed by atoms with Gasteiger partial charge in [0, 0.05) is 16.0 Å². The van der Waals surface area contributed by atoms with Crippen molar-refractivity contribution in [2.75, 3.05) is 5.73 Å². The maximum Gasteiger partial charge on any atom is 0.162 e. The lowest BCUT2D eigenvalue weighted by atomic mass is 10.0. The highest BCUT2D eigenvalue weighted by molar-refractivity contribution is 14.1. The van der Waals surface area contributed by atoms with Crippen molar-refractivity contribution in [2.24, 2.45) is 0 Å². The van der Waals surface area contributed by atoms with Crippen molar-refractivity contribution < 1.29 is 0 Å². The summed E-state index contributed by atoms with van der Waals surface area (Å²) >= 11 is 5.90. The van der Waals surface area contributed by atoms with Crippen LogP contribution >= 0.6 is 38.5 Å². The third kappa shape index (κ3) is 3.08. The molecule has 0 unspecified atom stereocenters. The number of nitrogens with two attached hydrogens (primary N) is 1. The number of halogens is 2. The number of nitrogens with zero attached hydrogens (tertiary/aromatic N) is 2. The molecule has 1 saturated carbocycles. The number of hydrogen-bond donors (Lipinski definition) is 1.